The van der Waals surface area contributed by atoms with Crippen molar-refractivity contribution >= 4 is 11.9 Å². The van der Waals surface area contributed by atoms with Crippen LogP contribution < -0.4 is 10.1 Å². The highest BCUT2D eigenvalue weighted by atomic mass is 16.5. The van der Waals surface area contributed by atoms with Crippen molar-refractivity contribution in [2.45, 2.75) is 19.8 Å². The molecule has 0 saturated carbocycles. The Hall–Kier alpha value is -2.48. The van der Waals surface area contributed by atoms with Crippen molar-refractivity contribution in [1.82, 2.24) is 5.32 Å². The number of amides is 1. The minimum atomic E-state index is -0.432. The number of aryl methyl sites for hydroxylation is 1. The molecule has 5 nitrogen and oxygen atoms in total. The molecular weight excluding hydrogens is 270 g/mol. The van der Waals surface area contributed by atoms with Gasteiger partial charge in [-0.05, 0) is 25.5 Å². The molecule has 0 aliphatic heterocycles. The maximum absolute atomic E-state index is 11.4. The summed E-state index contributed by atoms with van der Waals surface area (Å²) in [5.74, 6) is 2.19. The molecule has 1 rings (SSSR count). The number of terminal acetylenes is 1. The lowest BCUT2D eigenvalue weighted by molar-refractivity contribution is -0.148. The van der Waals surface area contributed by atoms with Crippen LogP contribution in [0.25, 0.3) is 0 Å². The van der Waals surface area contributed by atoms with E-state index in [2.05, 4.69) is 11.2 Å². The fourth-order valence-corrected chi connectivity index (χ4v) is 1.46. The van der Waals surface area contributed by atoms with E-state index in [-0.39, 0.29) is 19.6 Å². The van der Waals surface area contributed by atoms with Gasteiger partial charge in [0.05, 0.1) is 13.2 Å². The summed E-state index contributed by atoms with van der Waals surface area (Å²) in [7, 11) is 0. The van der Waals surface area contributed by atoms with E-state index in [9.17, 15) is 9.59 Å². The fourth-order valence-electron chi connectivity index (χ4n) is 1.46. The zero-order valence-corrected chi connectivity index (χ0v) is 12.1. The van der Waals surface area contributed by atoms with Crippen LogP contribution in [0, 0.1) is 19.3 Å². The second kappa shape index (κ2) is 9.43. The maximum Gasteiger partial charge on any atom is 0.306 e. The number of rotatable bonds is 8. The molecule has 112 valence electrons. The van der Waals surface area contributed by atoms with E-state index in [4.69, 9.17) is 15.9 Å². The smallest absolute Gasteiger partial charge is 0.306 e. The summed E-state index contributed by atoms with van der Waals surface area (Å²) in [6.45, 7) is 2.24. The van der Waals surface area contributed by atoms with Gasteiger partial charge in [0.2, 0.25) is 0 Å². The largest absolute Gasteiger partial charge is 0.494 e. The van der Waals surface area contributed by atoms with Gasteiger partial charge in [-0.15, -0.1) is 6.42 Å². The van der Waals surface area contributed by atoms with Gasteiger partial charge in [-0.2, -0.15) is 0 Å². The summed E-state index contributed by atoms with van der Waals surface area (Å²) in [4.78, 5) is 22.5. The van der Waals surface area contributed by atoms with E-state index in [1.807, 2.05) is 31.2 Å². The summed E-state index contributed by atoms with van der Waals surface area (Å²) in [5.41, 5.74) is 1.16. The molecule has 1 amide bonds. The van der Waals surface area contributed by atoms with Gasteiger partial charge in [0.15, 0.2) is 6.61 Å². The monoisotopic (exact) mass is 289 g/mol. The molecule has 1 aromatic rings. The maximum atomic E-state index is 11.4. The molecular formula is C16H19NO4. The molecule has 0 aliphatic rings. The average Bonchev–Trinajstić information content (AvgIpc) is 2.49. The predicted octanol–water partition coefficient (Wildman–Crippen LogP) is 1.45. The van der Waals surface area contributed by atoms with Gasteiger partial charge >= 0.3 is 5.97 Å². The second-order valence-electron chi connectivity index (χ2n) is 4.41. The Morgan fingerprint density at radius 3 is 2.67 bits per heavy atom. The van der Waals surface area contributed by atoms with Gasteiger partial charge in [0.1, 0.15) is 5.75 Å². The molecule has 0 aliphatic carbocycles. The van der Waals surface area contributed by atoms with Gasteiger partial charge in [-0.1, -0.05) is 23.6 Å². The first-order valence-corrected chi connectivity index (χ1v) is 6.67. The van der Waals surface area contributed by atoms with E-state index in [0.717, 1.165) is 11.3 Å². The number of hydrogen-bond acceptors (Lipinski definition) is 4. The number of ether oxygens (including phenoxy) is 2. The Morgan fingerprint density at radius 2 is 2.00 bits per heavy atom. The molecule has 0 radical (unpaired) electrons. The van der Waals surface area contributed by atoms with Crippen LogP contribution in [-0.2, 0) is 14.3 Å². The predicted molar refractivity (Wildman–Crippen MR) is 78.7 cm³/mol. The van der Waals surface area contributed by atoms with E-state index in [1.165, 1.54) is 0 Å². The summed E-state index contributed by atoms with van der Waals surface area (Å²) < 4.78 is 10.3. The molecule has 5 heteroatoms. The second-order valence-corrected chi connectivity index (χ2v) is 4.41. The average molecular weight is 289 g/mol. The van der Waals surface area contributed by atoms with E-state index in [0.29, 0.717) is 13.0 Å². The van der Waals surface area contributed by atoms with E-state index >= 15 is 0 Å². The van der Waals surface area contributed by atoms with Crippen molar-refractivity contribution in [2.24, 2.45) is 0 Å². The molecule has 0 atom stereocenters. The number of benzene rings is 1. The quantitative estimate of drug-likeness (QED) is 0.447. The van der Waals surface area contributed by atoms with Crippen LogP contribution in [0.1, 0.15) is 18.4 Å². The van der Waals surface area contributed by atoms with Gasteiger partial charge in [-0.25, -0.2) is 0 Å². The van der Waals surface area contributed by atoms with Gasteiger partial charge in [-0.3, -0.25) is 9.59 Å². The zero-order chi connectivity index (χ0) is 15.5. The van der Waals surface area contributed by atoms with Crippen LogP contribution in [0.15, 0.2) is 24.3 Å². The molecule has 0 unspecified atom stereocenters. The number of hydrogen-bond donors (Lipinski definition) is 1. The molecule has 0 bridgehead atoms. The number of carbonyl (C=O) groups is 2. The van der Waals surface area contributed by atoms with Crippen molar-refractivity contribution in [2.75, 3.05) is 19.8 Å². The number of nitrogens with one attached hydrogen (secondary N) is 1. The summed E-state index contributed by atoms with van der Waals surface area (Å²) in [6.07, 6.45) is 5.71. The van der Waals surface area contributed by atoms with Crippen LogP contribution in [0.2, 0.25) is 0 Å². The Kier molecular flexibility index (Phi) is 7.44. The normalized spacial score (nSPS) is 9.52. The van der Waals surface area contributed by atoms with Crippen LogP contribution >= 0.6 is 0 Å². The van der Waals surface area contributed by atoms with Gasteiger partial charge < -0.3 is 14.8 Å². The van der Waals surface area contributed by atoms with Crippen LogP contribution in [0.5, 0.6) is 5.75 Å². The summed E-state index contributed by atoms with van der Waals surface area (Å²) >= 11 is 0. The topological polar surface area (TPSA) is 64.6 Å². The van der Waals surface area contributed by atoms with E-state index < -0.39 is 11.9 Å². The SMILES string of the molecule is C#CCNC(=O)COC(=O)CCCOc1ccc(C)cc1. The van der Waals surface area contributed by atoms with Crippen molar-refractivity contribution in [3.63, 3.8) is 0 Å². The van der Waals surface area contributed by atoms with Crippen molar-refractivity contribution in [3.8, 4) is 18.1 Å². The van der Waals surface area contributed by atoms with Crippen molar-refractivity contribution < 1.29 is 19.1 Å². The third-order valence-corrected chi connectivity index (χ3v) is 2.57. The van der Waals surface area contributed by atoms with Gasteiger partial charge in [0, 0.05) is 6.42 Å². The lowest BCUT2D eigenvalue weighted by Crippen LogP contribution is -2.29. The zero-order valence-electron chi connectivity index (χ0n) is 12.1. The molecule has 0 aromatic heterocycles. The minimum absolute atomic E-state index is 0.126. The van der Waals surface area contributed by atoms with Crippen LogP contribution in [0.4, 0.5) is 0 Å². The molecule has 0 fully saturated rings. The van der Waals surface area contributed by atoms with Crippen molar-refractivity contribution in [3.05, 3.63) is 29.8 Å². The highest BCUT2D eigenvalue weighted by molar-refractivity contribution is 5.80. The standard InChI is InChI=1S/C16H19NO4/c1-3-10-17-15(18)12-21-16(19)5-4-11-20-14-8-6-13(2)7-9-14/h1,6-9H,4-5,10-12H2,2H3,(H,17,18). The Bertz CT molecular complexity index is 502. The first-order chi connectivity index (χ1) is 10.1. The molecule has 0 saturated heterocycles. The third-order valence-electron chi connectivity index (χ3n) is 2.57. The molecule has 21 heavy (non-hydrogen) atoms. The van der Waals surface area contributed by atoms with E-state index in [1.54, 1.807) is 0 Å². The third kappa shape index (κ3) is 7.63. The number of esters is 1. The summed E-state index contributed by atoms with van der Waals surface area (Å²) in [5, 5.41) is 2.40. The fraction of sp³-hybridized carbons (Fsp3) is 0.375. The minimum Gasteiger partial charge on any atom is -0.494 e. The molecule has 0 heterocycles. The van der Waals surface area contributed by atoms with Gasteiger partial charge in [0.25, 0.3) is 5.91 Å². The molecule has 0 spiro atoms. The Morgan fingerprint density at radius 1 is 1.29 bits per heavy atom. The van der Waals surface area contributed by atoms with Crippen LogP contribution in [0.3, 0.4) is 0 Å². The highest BCUT2D eigenvalue weighted by Gasteiger charge is 2.06. The summed E-state index contributed by atoms with van der Waals surface area (Å²) in [6, 6.07) is 7.67. The molecule has 1 aromatic carbocycles. The number of carbonyl (C=O) groups excluding carboxylic acids is 2. The lowest BCUT2D eigenvalue weighted by Gasteiger charge is -2.07. The first kappa shape index (κ1) is 16.6. The van der Waals surface area contributed by atoms with Crippen molar-refractivity contribution in [1.29, 1.82) is 0 Å². The van der Waals surface area contributed by atoms with Crippen LogP contribution in [-0.4, -0.2) is 31.6 Å². The Balaban J connectivity index is 2.09. The highest BCUT2D eigenvalue weighted by Crippen LogP contribution is 2.11. The molecule has 1 N–H and O–H groups in total. The Labute approximate surface area is 124 Å². The lowest BCUT2D eigenvalue weighted by atomic mass is 10.2. The first-order valence-electron chi connectivity index (χ1n) is 6.67.